The van der Waals surface area contributed by atoms with E-state index in [1.165, 1.54) is 30.2 Å². The third kappa shape index (κ3) is 2.57. The van der Waals surface area contributed by atoms with E-state index < -0.39 is 0 Å². The highest BCUT2D eigenvalue weighted by Gasteiger charge is 2.21. The van der Waals surface area contributed by atoms with Crippen LogP contribution in [0.5, 0.6) is 0 Å². The van der Waals surface area contributed by atoms with Crippen molar-refractivity contribution in [2.45, 2.75) is 32.4 Å². The maximum Gasteiger partial charge on any atom is 0.150 e. The van der Waals surface area contributed by atoms with Crippen molar-refractivity contribution in [1.82, 2.24) is 15.5 Å². The van der Waals surface area contributed by atoms with Gasteiger partial charge in [0.25, 0.3) is 0 Å². The van der Waals surface area contributed by atoms with E-state index in [0.29, 0.717) is 16.6 Å². The van der Waals surface area contributed by atoms with Crippen LogP contribution >= 0.6 is 11.3 Å². The second kappa shape index (κ2) is 4.74. The van der Waals surface area contributed by atoms with Crippen LogP contribution in [0.15, 0.2) is 18.2 Å². The molecule has 0 aliphatic heterocycles. The molecule has 0 radical (unpaired) electrons. The van der Waals surface area contributed by atoms with Gasteiger partial charge in [-0.25, -0.2) is 4.39 Å². The van der Waals surface area contributed by atoms with E-state index >= 15 is 0 Å². The lowest BCUT2D eigenvalue weighted by Crippen LogP contribution is -2.14. The Hall–Kier alpha value is -1.33. The molecular formula is C13H14FN3S. The Labute approximate surface area is 109 Å². The fourth-order valence-corrected chi connectivity index (χ4v) is 2.56. The van der Waals surface area contributed by atoms with Crippen LogP contribution in [0.3, 0.4) is 0 Å². The van der Waals surface area contributed by atoms with Crippen molar-refractivity contribution in [2.75, 3.05) is 0 Å². The van der Waals surface area contributed by atoms with Gasteiger partial charge < -0.3 is 5.32 Å². The Morgan fingerprint density at radius 2 is 2.22 bits per heavy atom. The molecule has 18 heavy (non-hydrogen) atoms. The summed E-state index contributed by atoms with van der Waals surface area (Å²) in [5.41, 5.74) is 1.45. The maximum absolute atomic E-state index is 13.8. The van der Waals surface area contributed by atoms with Gasteiger partial charge in [-0.2, -0.15) is 0 Å². The number of halogens is 1. The molecule has 1 N–H and O–H groups in total. The lowest BCUT2D eigenvalue weighted by Gasteiger charge is -1.99. The Morgan fingerprint density at radius 1 is 1.39 bits per heavy atom. The number of rotatable bonds is 4. The van der Waals surface area contributed by atoms with E-state index in [2.05, 4.69) is 15.5 Å². The minimum absolute atomic E-state index is 0.229. The summed E-state index contributed by atoms with van der Waals surface area (Å²) in [6.45, 7) is 2.60. The summed E-state index contributed by atoms with van der Waals surface area (Å²) >= 11 is 1.45. The van der Waals surface area contributed by atoms with Crippen LogP contribution in [0, 0.1) is 12.7 Å². The molecule has 3 rings (SSSR count). The number of aromatic nitrogens is 2. The van der Waals surface area contributed by atoms with Crippen LogP contribution in [-0.2, 0) is 6.54 Å². The smallest absolute Gasteiger partial charge is 0.150 e. The summed E-state index contributed by atoms with van der Waals surface area (Å²) in [4.78, 5) is 0. The fourth-order valence-electron chi connectivity index (χ4n) is 1.75. The standard InChI is InChI=1S/C13H14FN3S/c1-8-2-5-10(11(14)6-8)13-17-16-12(18-13)7-15-9-3-4-9/h2,5-6,9,15H,3-4,7H2,1H3. The SMILES string of the molecule is Cc1ccc(-c2nnc(CNC3CC3)s2)c(F)c1. The molecule has 1 heterocycles. The molecule has 1 aromatic heterocycles. The van der Waals surface area contributed by atoms with Gasteiger partial charge in [-0.1, -0.05) is 17.4 Å². The lowest BCUT2D eigenvalue weighted by molar-refractivity contribution is 0.629. The quantitative estimate of drug-likeness (QED) is 0.921. The molecule has 0 spiro atoms. The first-order valence-electron chi connectivity index (χ1n) is 6.04. The molecular weight excluding hydrogens is 249 g/mol. The predicted molar refractivity (Wildman–Crippen MR) is 69.9 cm³/mol. The first-order chi connectivity index (χ1) is 8.72. The molecule has 94 valence electrons. The minimum atomic E-state index is -0.229. The van der Waals surface area contributed by atoms with Gasteiger partial charge in [0.05, 0.1) is 0 Å². The Bertz CT molecular complexity index is 563. The summed E-state index contributed by atoms with van der Waals surface area (Å²) in [7, 11) is 0. The predicted octanol–water partition coefficient (Wildman–Crippen LogP) is 2.90. The van der Waals surface area contributed by atoms with Crippen molar-refractivity contribution >= 4 is 11.3 Å². The summed E-state index contributed by atoms with van der Waals surface area (Å²) in [5, 5.41) is 13.1. The first-order valence-corrected chi connectivity index (χ1v) is 6.86. The summed E-state index contributed by atoms with van der Waals surface area (Å²) < 4.78 is 13.8. The molecule has 1 aliphatic carbocycles. The molecule has 1 aromatic carbocycles. The van der Waals surface area contributed by atoms with E-state index in [1.807, 2.05) is 13.0 Å². The van der Waals surface area contributed by atoms with E-state index in [4.69, 9.17) is 0 Å². The molecule has 1 saturated carbocycles. The second-order valence-corrected chi connectivity index (χ2v) is 5.70. The van der Waals surface area contributed by atoms with E-state index in [0.717, 1.165) is 17.1 Å². The van der Waals surface area contributed by atoms with Crippen molar-refractivity contribution in [3.63, 3.8) is 0 Å². The normalized spacial score (nSPS) is 15.0. The molecule has 0 bridgehead atoms. The first kappa shape index (κ1) is 11.7. The van der Waals surface area contributed by atoms with Gasteiger partial charge in [0, 0.05) is 18.2 Å². The highest BCUT2D eigenvalue weighted by molar-refractivity contribution is 7.14. The number of hydrogen-bond donors (Lipinski definition) is 1. The zero-order chi connectivity index (χ0) is 12.5. The molecule has 0 atom stereocenters. The molecule has 5 heteroatoms. The number of nitrogens with one attached hydrogen (secondary N) is 1. The molecule has 2 aromatic rings. The fraction of sp³-hybridized carbons (Fsp3) is 0.385. The zero-order valence-electron chi connectivity index (χ0n) is 10.1. The van der Waals surface area contributed by atoms with E-state index in [1.54, 1.807) is 6.07 Å². The number of benzene rings is 1. The Morgan fingerprint density at radius 3 is 2.94 bits per heavy atom. The van der Waals surface area contributed by atoms with Gasteiger partial charge in [-0.05, 0) is 37.5 Å². The Balaban J connectivity index is 1.78. The lowest BCUT2D eigenvalue weighted by atomic mass is 10.1. The third-order valence-corrected chi connectivity index (χ3v) is 3.90. The number of hydrogen-bond acceptors (Lipinski definition) is 4. The molecule has 0 unspecified atom stereocenters. The molecule has 3 nitrogen and oxygen atoms in total. The van der Waals surface area contributed by atoms with E-state index in [-0.39, 0.29) is 5.82 Å². The van der Waals surface area contributed by atoms with Gasteiger partial charge in [-0.15, -0.1) is 10.2 Å². The highest BCUT2D eigenvalue weighted by atomic mass is 32.1. The van der Waals surface area contributed by atoms with Crippen LogP contribution in [0.4, 0.5) is 4.39 Å². The minimum Gasteiger partial charge on any atom is -0.308 e. The average Bonchev–Trinajstić information content (AvgIpc) is 3.05. The largest absolute Gasteiger partial charge is 0.308 e. The number of nitrogens with zero attached hydrogens (tertiary/aromatic N) is 2. The van der Waals surface area contributed by atoms with Crippen molar-refractivity contribution in [3.05, 3.63) is 34.6 Å². The van der Waals surface area contributed by atoms with E-state index in [9.17, 15) is 4.39 Å². The van der Waals surface area contributed by atoms with Crippen LogP contribution < -0.4 is 5.32 Å². The molecule has 0 amide bonds. The summed E-state index contributed by atoms with van der Waals surface area (Å²) in [5.74, 6) is -0.229. The third-order valence-electron chi connectivity index (χ3n) is 2.94. The summed E-state index contributed by atoms with van der Waals surface area (Å²) in [6, 6.07) is 5.83. The van der Waals surface area contributed by atoms with Gasteiger partial charge in [0.15, 0.2) is 5.01 Å². The van der Waals surface area contributed by atoms with Crippen LogP contribution in [0.1, 0.15) is 23.4 Å². The Kier molecular flexibility index (Phi) is 3.09. The van der Waals surface area contributed by atoms with Crippen molar-refractivity contribution < 1.29 is 4.39 Å². The molecule has 0 saturated heterocycles. The zero-order valence-corrected chi connectivity index (χ0v) is 10.9. The van der Waals surface area contributed by atoms with Gasteiger partial charge in [0.1, 0.15) is 10.8 Å². The monoisotopic (exact) mass is 263 g/mol. The molecule has 1 aliphatic rings. The van der Waals surface area contributed by atoms with Crippen molar-refractivity contribution in [1.29, 1.82) is 0 Å². The van der Waals surface area contributed by atoms with Gasteiger partial charge in [-0.3, -0.25) is 0 Å². The van der Waals surface area contributed by atoms with Crippen molar-refractivity contribution in [3.8, 4) is 10.6 Å². The molecule has 1 fully saturated rings. The number of aryl methyl sites for hydroxylation is 1. The summed E-state index contributed by atoms with van der Waals surface area (Å²) in [6.07, 6.45) is 2.50. The van der Waals surface area contributed by atoms with Crippen LogP contribution in [0.25, 0.3) is 10.6 Å². The topological polar surface area (TPSA) is 37.8 Å². The highest BCUT2D eigenvalue weighted by Crippen LogP contribution is 2.27. The van der Waals surface area contributed by atoms with Gasteiger partial charge in [0.2, 0.25) is 0 Å². The van der Waals surface area contributed by atoms with Gasteiger partial charge >= 0.3 is 0 Å². The van der Waals surface area contributed by atoms with Crippen LogP contribution in [-0.4, -0.2) is 16.2 Å². The second-order valence-electron chi connectivity index (χ2n) is 4.64. The maximum atomic E-state index is 13.8. The van der Waals surface area contributed by atoms with Crippen LogP contribution in [0.2, 0.25) is 0 Å². The average molecular weight is 263 g/mol. The van der Waals surface area contributed by atoms with Crippen molar-refractivity contribution in [2.24, 2.45) is 0 Å².